The van der Waals surface area contributed by atoms with Gasteiger partial charge in [0.25, 0.3) is 0 Å². The maximum Gasteiger partial charge on any atom is 0.237 e. The van der Waals surface area contributed by atoms with Crippen molar-refractivity contribution in [3.8, 4) is 5.75 Å². The number of carbonyl (C=O) groups excluding carboxylic acids is 2. The van der Waals surface area contributed by atoms with Crippen LogP contribution in [-0.2, 0) is 22.7 Å². The van der Waals surface area contributed by atoms with Crippen LogP contribution in [0.2, 0.25) is 0 Å². The minimum atomic E-state index is -0.537. The predicted octanol–water partition coefficient (Wildman–Crippen LogP) is 1.13. The van der Waals surface area contributed by atoms with E-state index in [1.165, 1.54) is 0 Å². The fourth-order valence-electron chi connectivity index (χ4n) is 3.35. The first kappa shape index (κ1) is 20.8. The van der Waals surface area contributed by atoms with E-state index in [0.29, 0.717) is 37.6 Å². The Kier molecular flexibility index (Phi) is 6.82. The van der Waals surface area contributed by atoms with Gasteiger partial charge in [-0.3, -0.25) is 14.5 Å². The average Bonchev–Trinajstić information content (AvgIpc) is 3.10. The Morgan fingerprint density at radius 2 is 2.17 bits per heavy atom. The molecule has 2 heterocycles. The molecule has 0 saturated carbocycles. The summed E-state index contributed by atoms with van der Waals surface area (Å²) in [6, 6.07) is 7.25. The molecule has 9 heteroatoms. The number of ether oxygens (including phenoxy) is 1. The lowest BCUT2D eigenvalue weighted by Gasteiger charge is -2.35. The summed E-state index contributed by atoms with van der Waals surface area (Å²) in [5, 5.41) is 10.4. The van der Waals surface area contributed by atoms with Gasteiger partial charge in [-0.15, -0.1) is 0 Å². The molecule has 156 valence electrons. The first-order valence-corrected chi connectivity index (χ1v) is 9.74. The second-order valence-corrected chi connectivity index (χ2v) is 7.07. The highest BCUT2D eigenvalue weighted by Crippen LogP contribution is 2.22. The van der Waals surface area contributed by atoms with Crippen LogP contribution in [0.1, 0.15) is 30.3 Å². The molecule has 1 aromatic carbocycles. The number of para-hydroxylation sites is 1. The summed E-state index contributed by atoms with van der Waals surface area (Å²) in [4.78, 5) is 28.9. The van der Waals surface area contributed by atoms with E-state index in [9.17, 15) is 9.59 Å². The number of aryl methyl sites for hydroxylation is 1. The van der Waals surface area contributed by atoms with Crippen LogP contribution in [0.25, 0.3) is 0 Å². The number of carbonyl (C=O) groups is 2. The monoisotopic (exact) mass is 401 g/mol. The van der Waals surface area contributed by atoms with Crippen LogP contribution in [0.4, 0.5) is 0 Å². The van der Waals surface area contributed by atoms with Gasteiger partial charge in [0, 0.05) is 32.2 Å². The van der Waals surface area contributed by atoms with Crippen LogP contribution >= 0.6 is 0 Å². The first-order valence-electron chi connectivity index (χ1n) is 9.74. The minimum absolute atomic E-state index is 0.0868. The van der Waals surface area contributed by atoms with Crippen molar-refractivity contribution in [3.05, 3.63) is 41.2 Å². The molecule has 1 N–H and O–H groups in total. The van der Waals surface area contributed by atoms with Crippen LogP contribution < -0.4 is 10.1 Å². The normalized spacial score (nSPS) is 17.1. The van der Waals surface area contributed by atoms with Crippen molar-refractivity contribution in [1.29, 1.82) is 0 Å². The Bertz CT molecular complexity index is 853. The van der Waals surface area contributed by atoms with E-state index < -0.39 is 6.04 Å². The average molecular weight is 401 g/mol. The van der Waals surface area contributed by atoms with E-state index in [1.807, 2.05) is 36.1 Å². The molecule has 1 atom stereocenters. The summed E-state index contributed by atoms with van der Waals surface area (Å²) in [6.07, 6.45) is 0.0868. The quantitative estimate of drug-likeness (QED) is 0.707. The summed E-state index contributed by atoms with van der Waals surface area (Å²) in [6.45, 7) is 6.33. The predicted molar refractivity (Wildman–Crippen MR) is 105 cm³/mol. The third-order valence-corrected chi connectivity index (χ3v) is 5.01. The van der Waals surface area contributed by atoms with E-state index in [-0.39, 0.29) is 24.8 Å². The molecule has 0 spiro atoms. The number of hydrogen-bond acceptors (Lipinski definition) is 7. The van der Waals surface area contributed by atoms with Crippen molar-refractivity contribution in [3.63, 3.8) is 0 Å². The number of amides is 2. The van der Waals surface area contributed by atoms with E-state index in [1.54, 1.807) is 18.9 Å². The van der Waals surface area contributed by atoms with Gasteiger partial charge < -0.3 is 15.0 Å². The Hall–Kier alpha value is -2.94. The molecule has 29 heavy (non-hydrogen) atoms. The van der Waals surface area contributed by atoms with E-state index >= 15 is 0 Å². The second-order valence-electron chi connectivity index (χ2n) is 7.07. The van der Waals surface area contributed by atoms with Crippen molar-refractivity contribution < 1.29 is 19.0 Å². The van der Waals surface area contributed by atoms with Gasteiger partial charge in [0.15, 0.2) is 0 Å². The molecule has 1 fully saturated rings. The summed E-state index contributed by atoms with van der Waals surface area (Å²) >= 11 is 0. The number of nitrogens with zero attached hydrogens (tertiary/aromatic N) is 4. The molecule has 0 radical (unpaired) electrons. The van der Waals surface area contributed by atoms with Gasteiger partial charge in [-0.25, -0.2) is 4.63 Å². The molecule has 0 bridgehead atoms. The number of rotatable bonds is 8. The van der Waals surface area contributed by atoms with Crippen LogP contribution in [0, 0.1) is 6.92 Å². The van der Waals surface area contributed by atoms with Crippen LogP contribution in [0.15, 0.2) is 28.9 Å². The smallest absolute Gasteiger partial charge is 0.237 e. The summed E-state index contributed by atoms with van der Waals surface area (Å²) in [5.74, 6) is 0.529. The van der Waals surface area contributed by atoms with Crippen LogP contribution in [0.3, 0.4) is 0 Å². The van der Waals surface area contributed by atoms with Gasteiger partial charge in [0.05, 0.1) is 25.6 Å². The Balaban J connectivity index is 1.69. The van der Waals surface area contributed by atoms with E-state index in [0.717, 1.165) is 11.3 Å². The zero-order chi connectivity index (χ0) is 20.8. The summed E-state index contributed by atoms with van der Waals surface area (Å²) in [5.41, 5.74) is 2.25. The molecule has 0 aliphatic carbocycles. The largest absolute Gasteiger partial charge is 0.494 e. The third kappa shape index (κ3) is 5.11. The SMILES string of the molecule is CCOc1ccccc1CN1CCNC(=O)[C@@H]1CC(=O)N(C)Cc1nonc1C. The van der Waals surface area contributed by atoms with Gasteiger partial charge in [-0.05, 0) is 19.9 Å². The molecule has 1 aromatic heterocycles. The number of aromatic nitrogens is 2. The fraction of sp³-hybridized carbons (Fsp3) is 0.500. The van der Waals surface area contributed by atoms with Gasteiger partial charge in [0.1, 0.15) is 17.1 Å². The minimum Gasteiger partial charge on any atom is -0.494 e. The van der Waals surface area contributed by atoms with Crippen molar-refractivity contribution >= 4 is 11.8 Å². The zero-order valence-electron chi connectivity index (χ0n) is 17.1. The maximum absolute atomic E-state index is 12.8. The third-order valence-electron chi connectivity index (χ3n) is 5.01. The highest BCUT2D eigenvalue weighted by molar-refractivity contribution is 5.88. The summed E-state index contributed by atoms with van der Waals surface area (Å²) in [7, 11) is 1.69. The van der Waals surface area contributed by atoms with Gasteiger partial charge in [-0.1, -0.05) is 28.5 Å². The molecular formula is C20H27N5O4. The lowest BCUT2D eigenvalue weighted by molar-refractivity contribution is -0.138. The number of benzene rings is 1. The molecule has 1 aliphatic rings. The van der Waals surface area contributed by atoms with Crippen LogP contribution in [0.5, 0.6) is 5.75 Å². The maximum atomic E-state index is 12.8. The van der Waals surface area contributed by atoms with E-state index in [2.05, 4.69) is 20.3 Å². The lowest BCUT2D eigenvalue weighted by Crippen LogP contribution is -2.56. The molecule has 9 nitrogen and oxygen atoms in total. The fourth-order valence-corrected chi connectivity index (χ4v) is 3.35. The van der Waals surface area contributed by atoms with Crippen molar-refractivity contribution in [2.45, 2.75) is 39.4 Å². The van der Waals surface area contributed by atoms with Crippen LogP contribution in [-0.4, -0.2) is 64.7 Å². The molecule has 2 aromatic rings. The Morgan fingerprint density at radius 1 is 1.38 bits per heavy atom. The number of nitrogens with one attached hydrogen (secondary N) is 1. The number of hydrogen-bond donors (Lipinski definition) is 1. The molecule has 1 aliphatic heterocycles. The molecular weight excluding hydrogens is 374 g/mol. The van der Waals surface area contributed by atoms with Crippen molar-refractivity contribution in [2.24, 2.45) is 0 Å². The standard InChI is InChI=1S/C20H27N5O4/c1-4-28-18-8-6-5-7-15(18)12-25-10-9-21-20(27)17(25)11-19(26)24(3)13-16-14(2)22-29-23-16/h5-8,17H,4,9-13H2,1-3H3,(H,21,27)/t17-/m0/s1. The topological polar surface area (TPSA) is 101 Å². The van der Waals surface area contributed by atoms with Gasteiger partial charge >= 0.3 is 0 Å². The van der Waals surface area contributed by atoms with Crippen molar-refractivity contribution in [1.82, 2.24) is 25.4 Å². The van der Waals surface area contributed by atoms with Gasteiger partial charge in [0.2, 0.25) is 11.8 Å². The summed E-state index contributed by atoms with van der Waals surface area (Å²) < 4.78 is 10.4. The highest BCUT2D eigenvalue weighted by Gasteiger charge is 2.33. The highest BCUT2D eigenvalue weighted by atomic mass is 16.6. The molecule has 0 unspecified atom stereocenters. The van der Waals surface area contributed by atoms with E-state index in [4.69, 9.17) is 4.74 Å². The molecule has 1 saturated heterocycles. The molecule has 3 rings (SSSR count). The van der Waals surface area contributed by atoms with Crippen molar-refractivity contribution in [2.75, 3.05) is 26.7 Å². The number of piperazine rings is 1. The Labute approximate surface area is 170 Å². The second kappa shape index (κ2) is 9.51. The first-order chi connectivity index (χ1) is 14.0. The zero-order valence-corrected chi connectivity index (χ0v) is 17.1. The lowest BCUT2D eigenvalue weighted by atomic mass is 10.1. The Morgan fingerprint density at radius 3 is 2.90 bits per heavy atom. The van der Waals surface area contributed by atoms with Gasteiger partial charge in [-0.2, -0.15) is 0 Å². The molecule has 2 amide bonds.